The van der Waals surface area contributed by atoms with E-state index >= 15 is 0 Å². The topological polar surface area (TPSA) is 70.2 Å². The Bertz CT molecular complexity index is 830. The first-order chi connectivity index (χ1) is 13.9. The maximum Gasteiger partial charge on any atom is 0.257 e. The number of rotatable bonds is 8. The van der Waals surface area contributed by atoms with Crippen LogP contribution in [0.3, 0.4) is 0 Å². The van der Waals surface area contributed by atoms with Gasteiger partial charge in [-0.3, -0.25) is 14.9 Å². The van der Waals surface area contributed by atoms with Crippen LogP contribution in [-0.4, -0.2) is 16.9 Å². The van der Waals surface area contributed by atoms with Crippen molar-refractivity contribution in [3.8, 4) is 0 Å². The van der Waals surface area contributed by atoms with Crippen molar-refractivity contribution in [2.75, 3.05) is 10.6 Å². The quantitative estimate of drug-likeness (QED) is 0.399. The smallest absolute Gasteiger partial charge is 0.257 e. The summed E-state index contributed by atoms with van der Waals surface area (Å²) in [5.41, 5.74) is 3.20. The minimum Gasteiger partial charge on any atom is -0.332 e. The molecule has 0 fully saturated rings. The van der Waals surface area contributed by atoms with Crippen LogP contribution in [0, 0.1) is 0 Å². The summed E-state index contributed by atoms with van der Waals surface area (Å²) >= 11 is 5.23. The molecule has 0 radical (unpaired) electrons. The Morgan fingerprint density at radius 3 is 2.03 bits per heavy atom. The third-order valence-corrected chi connectivity index (χ3v) is 4.70. The summed E-state index contributed by atoms with van der Waals surface area (Å²) in [6.07, 6.45) is 3.58. The zero-order valence-corrected chi connectivity index (χ0v) is 18.1. The molecule has 3 N–H and O–H groups in total. The molecule has 0 atom stereocenters. The van der Waals surface area contributed by atoms with E-state index in [1.54, 1.807) is 36.4 Å². The maximum atomic E-state index is 12.3. The minimum absolute atomic E-state index is 0.0189. The van der Waals surface area contributed by atoms with Crippen LogP contribution in [0.2, 0.25) is 0 Å². The van der Waals surface area contributed by atoms with Crippen molar-refractivity contribution < 1.29 is 9.59 Å². The van der Waals surface area contributed by atoms with Gasteiger partial charge in [0.1, 0.15) is 0 Å². The molecule has 0 aliphatic heterocycles. The van der Waals surface area contributed by atoms with Crippen molar-refractivity contribution in [3.05, 3.63) is 59.7 Å². The van der Waals surface area contributed by atoms with Crippen LogP contribution in [0.25, 0.3) is 0 Å². The SMILES string of the molecule is CCCCCC(=O)Nc1ccc(NC(=S)NC(=O)c2ccc(C(C)C)cc2)cc1. The number of nitrogens with one attached hydrogen (secondary N) is 3. The highest BCUT2D eigenvalue weighted by Gasteiger charge is 2.09. The van der Waals surface area contributed by atoms with E-state index in [1.807, 2.05) is 12.1 Å². The Balaban J connectivity index is 1.84. The average molecular weight is 412 g/mol. The number of anilines is 2. The fourth-order valence-electron chi connectivity index (χ4n) is 2.75. The molecule has 0 heterocycles. The second-order valence-corrected chi connectivity index (χ2v) is 7.68. The van der Waals surface area contributed by atoms with Crippen LogP contribution in [0.15, 0.2) is 48.5 Å². The van der Waals surface area contributed by atoms with E-state index in [-0.39, 0.29) is 16.9 Å². The van der Waals surface area contributed by atoms with Crippen molar-refractivity contribution in [2.45, 2.75) is 52.4 Å². The lowest BCUT2D eigenvalue weighted by atomic mass is 10.0. The molecule has 154 valence electrons. The third-order valence-electron chi connectivity index (χ3n) is 4.50. The number of amides is 2. The highest BCUT2D eigenvalue weighted by Crippen LogP contribution is 2.16. The third kappa shape index (κ3) is 7.66. The van der Waals surface area contributed by atoms with Crippen molar-refractivity contribution in [3.63, 3.8) is 0 Å². The van der Waals surface area contributed by atoms with E-state index < -0.39 is 0 Å². The normalized spacial score (nSPS) is 10.5. The summed E-state index contributed by atoms with van der Waals surface area (Å²) in [5, 5.41) is 8.76. The van der Waals surface area contributed by atoms with Crippen LogP contribution in [-0.2, 0) is 4.79 Å². The van der Waals surface area contributed by atoms with Gasteiger partial charge in [0.15, 0.2) is 5.11 Å². The molecule has 0 aliphatic carbocycles. The largest absolute Gasteiger partial charge is 0.332 e. The number of thiocarbonyl (C=S) groups is 1. The van der Waals surface area contributed by atoms with E-state index in [2.05, 4.69) is 36.7 Å². The van der Waals surface area contributed by atoms with E-state index in [4.69, 9.17) is 12.2 Å². The molecule has 2 amide bonds. The lowest BCUT2D eigenvalue weighted by molar-refractivity contribution is -0.116. The standard InChI is InChI=1S/C23H29N3O2S/c1-4-5-6-7-21(27)24-19-12-14-20(15-13-19)25-23(29)26-22(28)18-10-8-17(9-11-18)16(2)3/h8-16H,4-7H2,1-3H3,(H,24,27)(H2,25,26,28,29). The molecule has 5 nitrogen and oxygen atoms in total. The van der Waals surface area contributed by atoms with Gasteiger partial charge in [-0.2, -0.15) is 0 Å². The molecule has 0 aliphatic rings. The van der Waals surface area contributed by atoms with Gasteiger partial charge in [0.2, 0.25) is 5.91 Å². The molecule has 2 aromatic carbocycles. The molecule has 0 aromatic heterocycles. The summed E-state index contributed by atoms with van der Waals surface area (Å²) < 4.78 is 0. The van der Waals surface area contributed by atoms with Gasteiger partial charge in [-0.25, -0.2) is 0 Å². The van der Waals surface area contributed by atoms with E-state index in [1.165, 1.54) is 5.56 Å². The number of carbonyl (C=O) groups excluding carboxylic acids is 2. The van der Waals surface area contributed by atoms with Crippen LogP contribution >= 0.6 is 12.2 Å². The molecule has 0 saturated heterocycles. The van der Waals surface area contributed by atoms with Crippen molar-refractivity contribution in [1.29, 1.82) is 0 Å². The van der Waals surface area contributed by atoms with Gasteiger partial charge in [-0.1, -0.05) is 45.7 Å². The number of hydrogen-bond acceptors (Lipinski definition) is 3. The Morgan fingerprint density at radius 1 is 0.897 bits per heavy atom. The van der Waals surface area contributed by atoms with Crippen LogP contribution in [0.4, 0.5) is 11.4 Å². The fraction of sp³-hybridized carbons (Fsp3) is 0.348. The first kappa shape index (κ1) is 22.6. The lowest BCUT2D eigenvalue weighted by Gasteiger charge is -2.11. The Kier molecular flexibility index (Phi) is 8.80. The minimum atomic E-state index is -0.256. The van der Waals surface area contributed by atoms with Gasteiger partial charge < -0.3 is 10.6 Å². The van der Waals surface area contributed by atoms with Crippen molar-refractivity contribution in [2.24, 2.45) is 0 Å². The second kappa shape index (κ2) is 11.3. The van der Waals surface area contributed by atoms with Gasteiger partial charge in [-0.15, -0.1) is 0 Å². The first-order valence-corrected chi connectivity index (χ1v) is 10.4. The number of unbranched alkanes of at least 4 members (excludes halogenated alkanes) is 2. The average Bonchev–Trinajstić information content (AvgIpc) is 2.69. The molecular formula is C23H29N3O2S. The van der Waals surface area contributed by atoms with E-state index in [9.17, 15) is 9.59 Å². The zero-order chi connectivity index (χ0) is 21.2. The van der Waals surface area contributed by atoms with Crippen LogP contribution < -0.4 is 16.0 Å². The second-order valence-electron chi connectivity index (χ2n) is 7.27. The van der Waals surface area contributed by atoms with Crippen LogP contribution in [0.5, 0.6) is 0 Å². The summed E-state index contributed by atoms with van der Waals surface area (Å²) in [5.74, 6) is 0.179. The van der Waals surface area contributed by atoms with E-state index in [0.29, 0.717) is 17.9 Å². The molecule has 0 saturated carbocycles. The number of carbonyl (C=O) groups is 2. The van der Waals surface area contributed by atoms with Gasteiger partial charge in [0, 0.05) is 23.4 Å². The summed E-state index contributed by atoms with van der Waals surface area (Å²) in [7, 11) is 0. The zero-order valence-electron chi connectivity index (χ0n) is 17.2. The molecule has 0 unspecified atom stereocenters. The molecule has 2 rings (SSSR count). The predicted molar refractivity (Wildman–Crippen MR) is 123 cm³/mol. The Hall–Kier alpha value is -2.73. The van der Waals surface area contributed by atoms with Gasteiger partial charge in [0.25, 0.3) is 5.91 Å². The van der Waals surface area contributed by atoms with Crippen molar-refractivity contribution >= 4 is 40.5 Å². The number of hydrogen-bond donors (Lipinski definition) is 3. The highest BCUT2D eigenvalue weighted by atomic mass is 32.1. The monoisotopic (exact) mass is 411 g/mol. The number of benzene rings is 2. The maximum absolute atomic E-state index is 12.3. The summed E-state index contributed by atoms with van der Waals surface area (Å²) in [4.78, 5) is 24.2. The predicted octanol–water partition coefficient (Wildman–Crippen LogP) is 5.46. The fourth-order valence-corrected chi connectivity index (χ4v) is 2.96. The molecule has 0 bridgehead atoms. The van der Waals surface area contributed by atoms with Gasteiger partial charge in [-0.05, 0) is 66.5 Å². The highest BCUT2D eigenvalue weighted by molar-refractivity contribution is 7.80. The Labute approximate surface area is 178 Å². The van der Waals surface area contributed by atoms with Gasteiger partial charge in [0.05, 0.1) is 0 Å². The molecule has 2 aromatic rings. The Morgan fingerprint density at radius 2 is 1.48 bits per heavy atom. The van der Waals surface area contributed by atoms with Gasteiger partial charge >= 0.3 is 0 Å². The summed E-state index contributed by atoms with van der Waals surface area (Å²) in [6.45, 7) is 6.33. The van der Waals surface area contributed by atoms with Crippen molar-refractivity contribution in [1.82, 2.24) is 5.32 Å². The lowest BCUT2D eigenvalue weighted by Crippen LogP contribution is -2.34. The molecule has 29 heavy (non-hydrogen) atoms. The van der Waals surface area contributed by atoms with E-state index in [0.717, 1.165) is 30.6 Å². The van der Waals surface area contributed by atoms with Crippen LogP contribution in [0.1, 0.15) is 68.3 Å². The molecular weight excluding hydrogens is 382 g/mol. The first-order valence-electron chi connectivity index (χ1n) is 10.0. The molecule has 6 heteroatoms. The molecule has 0 spiro atoms. The summed E-state index contributed by atoms with van der Waals surface area (Å²) in [6, 6.07) is 14.7.